The van der Waals surface area contributed by atoms with Crippen LogP contribution in [0.5, 0.6) is 0 Å². The van der Waals surface area contributed by atoms with Crippen LogP contribution in [0.15, 0.2) is 30.4 Å². The monoisotopic (exact) mass is 470 g/mol. The minimum Gasteiger partial charge on any atom is -0.466 e. The number of amides is 2. The number of nitrogens with one attached hydrogen (secondary N) is 1. The number of carbonyl (C=O) groups is 3. The highest BCUT2D eigenvalue weighted by molar-refractivity contribution is 6.02. The lowest BCUT2D eigenvalue weighted by Gasteiger charge is -2.33. The molecule has 2 amide bonds. The molecule has 0 spiro atoms. The highest BCUT2D eigenvalue weighted by Gasteiger charge is 2.57. The average molecular weight is 471 g/mol. The number of nitrogens with zero attached hydrogens (tertiary/aromatic N) is 1. The Morgan fingerprint density at radius 3 is 2.41 bits per heavy atom. The molecule has 186 valence electrons. The van der Waals surface area contributed by atoms with Gasteiger partial charge in [0.15, 0.2) is 0 Å². The maximum Gasteiger partial charge on any atom is 0.310 e. The van der Waals surface area contributed by atoms with Crippen LogP contribution in [0.3, 0.4) is 0 Å². The van der Waals surface area contributed by atoms with Crippen LogP contribution in [0.4, 0.5) is 5.69 Å². The first-order valence-corrected chi connectivity index (χ1v) is 12.5. The number of aryl methyl sites for hydroxylation is 2. The molecule has 1 saturated heterocycles. The molecule has 0 saturated carbocycles. The van der Waals surface area contributed by atoms with Crippen LogP contribution in [0.25, 0.3) is 0 Å². The fraction of sp³-hybridized carbons (Fsp3) is 0.593. The minimum absolute atomic E-state index is 0.0964. The molecule has 1 aliphatic carbocycles. The summed E-state index contributed by atoms with van der Waals surface area (Å²) in [5.41, 5.74) is 2.67. The van der Waals surface area contributed by atoms with Gasteiger partial charge in [-0.25, -0.2) is 0 Å². The van der Waals surface area contributed by atoms with Gasteiger partial charge in [-0.2, -0.15) is 0 Å². The second-order valence-corrected chi connectivity index (χ2v) is 9.35. The molecule has 0 radical (unpaired) electrons. The van der Waals surface area contributed by atoms with Crippen molar-refractivity contribution < 1.29 is 24.2 Å². The Hall–Kier alpha value is -2.67. The lowest BCUT2D eigenvalue weighted by atomic mass is 9.69. The van der Waals surface area contributed by atoms with Gasteiger partial charge in [-0.15, -0.1) is 0 Å². The topological polar surface area (TPSA) is 95.9 Å². The highest BCUT2D eigenvalue weighted by atomic mass is 16.5. The average Bonchev–Trinajstić information content (AvgIpc) is 3.10. The number of benzene rings is 1. The lowest BCUT2D eigenvalue weighted by Crippen LogP contribution is -2.45. The van der Waals surface area contributed by atoms with Gasteiger partial charge in [0.25, 0.3) is 0 Å². The third-order valence-electron chi connectivity index (χ3n) is 7.20. The third kappa shape index (κ3) is 5.19. The van der Waals surface area contributed by atoms with Crippen LogP contribution in [-0.4, -0.2) is 53.6 Å². The number of aliphatic hydroxyl groups is 1. The van der Waals surface area contributed by atoms with Crippen molar-refractivity contribution in [3.05, 3.63) is 41.5 Å². The molecule has 3 rings (SSSR count). The van der Waals surface area contributed by atoms with Crippen LogP contribution in [0.1, 0.15) is 50.7 Å². The molecule has 34 heavy (non-hydrogen) atoms. The van der Waals surface area contributed by atoms with Gasteiger partial charge in [-0.3, -0.25) is 14.4 Å². The zero-order valence-electron chi connectivity index (χ0n) is 20.8. The summed E-state index contributed by atoms with van der Waals surface area (Å²) >= 11 is 0. The Balaban J connectivity index is 1.96. The molecule has 0 unspecified atom stereocenters. The van der Waals surface area contributed by atoms with Gasteiger partial charge >= 0.3 is 5.97 Å². The van der Waals surface area contributed by atoms with Gasteiger partial charge in [0.2, 0.25) is 11.8 Å². The number of ether oxygens (including phenoxy) is 1. The third-order valence-corrected chi connectivity index (χ3v) is 7.20. The van der Waals surface area contributed by atoms with Crippen molar-refractivity contribution in [3.8, 4) is 0 Å². The van der Waals surface area contributed by atoms with Crippen molar-refractivity contribution in [1.82, 2.24) is 4.90 Å². The first-order chi connectivity index (χ1) is 16.3. The summed E-state index contributed by atoms with van der Waals surface area (Å²) in [7, 11) is 0. The van der Waals surface area contributed by atoms with E-state index in [0.29, 0.717) is 25.8 Å². The molecule has 2 aliphatic rings. The molecule has 1 aliphatic heterocycles. The van der Waals surface area contributed by atoms with E-state index < -0.39 is 23.8 Å². The molecular formula is C27H38N2O5. The smallest absolute Gasteiger partial charge is 0.310 e. The van der Waals surface area contributed by atoms with Gasteiger partial charge in [-0.1, -0.05) is 37.3 Å². The number of aliphatic hydroxyl groups excluding tert-OH is 1. The largest absolute Gasteiger partial charge is 0.466 e. The maximum absolute atomic E-state index is 13.7. The molecular weight excluding hydrogens is 432 g/mol. The van der Waals surface area contributed by atoms with Crippen LogP contribution >= 0.6 is 0 Å². The quantitative estimate of drug-likeness (QED) is 0.309. The number of hydrogen-bond donors (Lipinski definition) is 2. The number of likely N-dealkylation sites (tertiary alicyclic amines) is 1. The van der Waals surface area contributed by atoms with Crippen molar-refractivity contribution in [1.29, 1.82) is 0 Å². The standard InChI is InChI=1S/C27H38N2O5/c1-5-19-13-14-20-22(21(19)27(33)34-6-2)26(32)29(15-8-7-9-16-30)24(20)25(31)28-23-17(3)11-10-12-18(23)4/h10-14,19-22,24,30H,5-9,15-16H2,1-4H3,(H,28,31)/t19-,20+,21-,22+,24+/m1/s1. The highest BCUT2D eigenvalue weighted by Crippen LogP contribution is 2.45. The van der Waals surface area contributed by atoms with Gasteiger partial charge in [0, 0.05) is 24.8 Å². The van der Waals surface area contributed by atoms with Crippen molar-refractivity contribution in [3.63, 3.8) is 0 Å². The fourth-order valence-electron chi connectivity index (χ4n) is 5.47. The van der Waals surface area contributed by atoms with Crippen molar-refractivity contribution in [2.24, 2.45) is 23.7 Å². The molecule has 1 heterocycles. The zero-order chi connectivity index (χ0) is 24.8. The molecule has 1 fully saturated rings. The van der Waals surface area contributed by atoms with Gasteiger partial charge in [0.05, 0.1) is 18.4 Å². The maximum atomic E-state index is 13.7. The Kier molecular flexibility index (Phi) is 8.89. The normalized spacial score (nSPS) is 25.9. The molecule has 5 atom stereocenters. The van der Waals surface area contributed by atoms with Crippen LogP contribution in [0.2, 0.25) is 0 Å². The number of para-hydroxylation sites is 1. The van der Waals surface area contributed by atoms with Crippen LogP contribution < -0.4 is 5.32 Å². The second-order valence-electron chi connectivity index (χ2n) is 9.35. The van der Waals surface area contributed by atoms with E-state index in [-0.39, 0.29) is 36.9 Å². The van der Waals surface area contributed by atoms with E-state index in [9.17, 15) is 14.4 Å². The number of fused-ring (bicyclic) bond motifs is 1. The number of esters is 1. The zero-order valence-corrected chi connectivity index (χ0v) is 20.8. The molecule has 0 aromatic heterocycles. The Labute approximate surface area is 202 Å². The van der Waals surface area contributed by atoms with E-state index in [1.54, 1.807) is 11.8 Å². The first kappa shape index (κ1) is 25.9. The van der Waals surface area contributed by atoms with E-state index in [4.69, 9.17) is 9.84 Å². The summed E-state index contributed by atoms with van der Waals surface area (Å²) in [6.07, 6.45) is 6.77. The summed E-state index contributed by atoms with van der Waals surface area (Å²) in [6, 6.07) is 5.14. The first-order valence-electron chi connectivity index (χ1n) is 12.5. The summed E-state index contributed by atoms with van der Waals surface area (Å²) in [6.45, 7) is 8.42. The van der Waals surface area contributed by atoms with E-state index in [1.165, 1.54) is 0 Å². The predicted molar refractivity (Wildman–Crippen MR) is 131 cm³/mol. The summed E-state index contributed by atoms with van der Waals surface area (Å²) < 4.78 is 5.37. The van der Waals surface area contributed by atoms with E-state index in [0.717, 1.165) is 23.2 Å². The summed E-state index contributed by atoms with van der Waals surface area (Å²) in [5.74, 6) is -2.45. The van der Waals surface area contributed by atoms with Crippen LogP contribution in [0, 0.1) is 37.5 Å². The Bertz CT molecular complexity index is 907. The molecule has 1 aromatic carbocycles. The predicted octanol–water partition coefficient (Wildman–Crippen LogP) is 3.62. The molecule has 0 bridgehead atoms. The number of rotatable bonds is 10. The van der Waals surface area contributed by atoms with Gasteiger partial charge < -0.3 is 20.1 Å². The van der Waals surface area contributed by atoms with Crippen molar-refractivity contribution in [2.75, 3.05) is 25.1 Å². The van der Waals surface area contributed by atoms with Gasteiger partial charge in [0.1, 0.15) is 6.04 Å². The number of unbranched alkanes of at least 4 members (excludes halogenated alkanes) is 2. The van der Waals surface area contributed by atoms with Gasteiger partial charge in [-0.05, 0) is 63.5 Å². The van der Waals surface area contributed by atoms with Crippen molar-refractivity contribution >= 4 is 23.5 Å². The fourth-order valence-corrected chi connectivity index (χ4v) is 5.47. The number of anilines is 1. The molecule has 1 aromatic rings. The van der Waals surface area contributed by atoms with E-state index >= 15 is 0 Å². The number of allylic oxidation sites excluding steroid dienone is 1. The van der Waals surface area contributed by atoms with Crippen molar-refractivity contribution in [2.45, 2.75) is 59.4 Å². The molecule has 7 nitrogen and oxygen atoms in total. The molecule has 2 N–H and O–H groups in total. The number of carbonyl (C=O) groups excluding carboxylic acids is 3. The second kappa shape index (κ2) is 11.6. The van der Waals surface area contributed by atoms with Crippen LogP contribution in [-0.2, 0) is 19.1 Å². The summed E-state index contributed by atoms with van der Waals surface area (Å²) in [5, 5.41) is 12.2. The van der Waals surface area contributed by atoms with E-state index in [2.05, 4.69) is 5.32 Å². The molecule has 7 heteroatoms. The SMILES string of the molecule is CCOC(=O)[C@H]1[C@H]2C(=O)N(CCCCCO)[C@H](C(=O)Nc3c(C)cccc3C)[C@H]2C=C[C@H]1CC. The Morgan fingerprint density at radius 2 is 1.79 bits per heavy atom. The number of hydrogen-bond acceptors (Lipinski definition) is 5. The lowest BCUT2D eigenvalue weighted by molar-refractivity contribution is -0.155. The Morgan fingerprint density at radius 1 is 1.09 bits per heavy atom. The van der Waals surface area contributed by atoms with E-state index in [1.807, 2.05) is 51.1 Å². The minimum atomic E-state index is -0.698. The summed E-state index contributed by atoms with van der Waals surface area (Å²) in [4.78, 5) is 42.0.